The first-order valence-electron chi connectivity index (χ1n) is 7.75. The van der Waals surface area contributed by atoms with E-state index in [2.05, 4.69) is 4.98 Å². The van der Waals surface area contributed by atoms with Gasteiger partial charge in [-0.2, -0.15) is 4.31 Å². The summed E-state index contributed by atoms with van der Waals surface area (Å²) < 4.78 is 32.2. The van der Waals surface area contributed by atoms with Gasteiger partial charge < -0.3 is 9.64 Å². The number of piperazine rings is 1. The van der Waals surface area contributed by atoms with Crippen LogP contribution >= 0.6 is 11.3 Å². The standard InChI is InChI=1S/C16H19N3O4S2/c1-12-9-13(3-4-15(12)23-2)25(21,22)19-7-5-18(6-8-19)16(20)14-10-24-11-17-14/h3-4,9-11H,5-8H2,1-2H3. The summed E-state index contributed by atoms with van der Waals surface area (Å²) in [5.74, 6) is 0.496. The van der Waals surface area contributed by atoms with Crippen molar-refractivity contribution in [2.45, 2.75) is 11.8 Å². The summed E-state index contributed by atoms with van der Waals surface area (Å²) in [6, 6.07) is 4.82. The Kier molecular flexibility index (Phi) is 5.07. The Balaban J connectivity index is 1.71. The number of aryl methyl sites for hydroxylation is 1. The maximum Gasteiger partial charge on any atom is 0.273 e. The quantitative estimate of drug-likeness (QED) is 0.804. The molecule has 9 heteroatoms. The molecule has 0 saturated carbocycles. The third-order valence-electron chi connectivity index (χ3n) is 4.18. The molecule has 0 spiro atoms. The number of benzene rings is 1. The average Bonchev–Trinajstić information content (AvgIpc) is 3.15. The molecule has 1 saturated heterocycles. The van der Waals surface area contributed by atoms with Crippen LogP contribution in [0.5, 0.6) is 5.75 Å². The number of sulfonamides is 1. The van der Waals surface area contributed by atoms with Gasteiger partial charge in [-0.3, -0.25) is 4.79 Å². The number of hydrogen-bond acceptors (Lipinski definition) is 6. The van der Waals surface area contributed by atoms with Gasteiger partial charge in [0.25, 0.3) is 5.91 Å². The SMILES string of the molecule is COc1ccc(S(=O)(=O)N2CCN(C(=O)c3cscn3)CC2)cc1C. The minimum atomic E-state index is -3.59. The molecule has 1 aliphatic rings. The van der Waals surface area contributed by atoms with Gasteiger partial charge >= 0.3 is 0 Å². The van der Waals surface area contributed by atoms with Crippen LogP contribution in [0.25, 0.3) is 0 Å². The molecule has 0 aliphatic carbocycles. The number of aromatic nitrogens is 1. The van der Waals surface area contributed by atoms with Gasteiger partial charge in [0.05, 0.1) is 17.5 Å². The van der Waals surface area contributed by atoms with E-state index in [1.54, 1.807) is 41.1 Å². The van der Waals surface area contributed by atoms with E-state index in [0.29, 0.717) is 24.5 Å². The van der Waals surface area contributed by atoms with Crippen molar-refractivity contribution in [2.24, 2.45) is 0 Å². The maximum absolute atomic E-state index is 12.8. The number of rotatable bonds is 4. The third-order valence-corrected chi connectivity index (χ3v) is 6.66. The molecule has 0 bridgehead atoms. The fourth-order valence-corrected chi connectivity index (χ4v) is 4.81. The van der Waals surface area contributed by atoms with Crippen molar-refractivity contribution in [1.82, 2.24) is 14.2 Å². The summed E-state index contributed by atoms with van der Waals surface area (Å²) in [6.45, 7) is 3.05. The molecule has 0 atom stereocenters. The van der Waals surface area contributed by atoms with Crippen molar-refractivity contribution in [2.75, 3.05) is 33.3 Å². The molecule has 0 unspecified atom stereocenters. The van der Waals surface area contributed by atoms with Gasteiger partial charge in [0.1, 0.15) is 11.4 Å². The van der Waals surface area contributed by atoms with Crippen LogP contribution in [0.4, 0.5) is 0 Å². The van der Waals surface area contributed by atoms with Crippen LogP contribution in [-0.2, 0) is 10.0 Å². The first-order valence-corrected chi connectivity index (χ1v) is 10.1. The van der Waals surface area contributed by atoms with E-state index in [1.165, 1.54) is 15.6 Å². The van der Waals surface area contributed by atoms with Crippen LogP contribution in [0.1, 0.15) is 16.1 Å². The second-order valence-corrected chi connectivity index (χ2v) is 8.36. The molecule has 1 aromatic carbocycles. The number of hydrogen-bond donors (Lipinski definition) is 0. The predicted molar refractivity (Wildman–Crippen MR) is 94.5 cm³/mol. The summed E-state index contributed by atoms with van der Waals surface area (Å²) >= 11 is 1.36. The highest BCUT2D eigenvalue weighted by atomic mass is 32.2. The highest BCUT2D eigenvalue weighted by Crippen LogP contribution is 2.24. The molecular formula is C16H19N3O4S2. The normalized spacial score (nSPS) is 16.0. The molecule has 25 heavy (non-hydrogen) atoms. The van der Waals surface area contributed by atoms with E-state index in [4.69, 9.17) is 4.74 Å². The monoisotopic (exact) mass is 381 g/mol. The lowest BCUT2D eigenvalue weighted by molar-refractivity contribution is 0.0693. The van der Waals surface area contributed by atoms with E-state index in [-0.39, 0.29) is 23.9 Å². The Bertz CT molecular complexity index is 858. The molecule has 2 aromatic rings. The smallest absolute Gasteiger partial charge is 0.273 e. The van der Waals surface area contributed by atoms with Gasteiger partial charge in [0, 0.05) is 31.6 Å². The van der Waals surface area contributed by atoms with Crippen molar-refractivity contribution in [3.05, 3.63) is 40.3 Å². The van der Waals surface area contributed by atoms with Crippen molar-refractivity contribution >= 4 is 27.3 Å². The molecule has 1 fully saturated rings. The van der Waals surface area contributed by atoms with Gasteiger partial charge in [-0.1, -0.05) is 0 Å². The number of amides is 1. The Morgan fingerprint density at radius 2 is 1.96 bits per heavy atom. The van der Waals surface area contributed by atoms with E-state index < -0.39 is 10.0 Å². The number of ether oxygens (including phenoxy) is 1. The van der Waals surface area contributed by atoms with Crippen molar-refractivity contribution in [1.29, 1.82) is 0 Å². The molecule has 1 aliphatic heterocycles. The zero-order valence-electron chi connectivity index (χ0n) is 14.0. The van der Waals surface area contributed by atoms with Crippen LogP contribution < -0.4 is 4.74 Å². The highest BCUT2D eigenvalue weighted by Gasteiger charge is 2.31. The first-order chi connectivity index (χ1) is 11.9. The van der Waals surface area contributed by atoms with E-state index in [9.17, 15) is 13.2 Å². The topological polar surface area (TPSA) is 79.8 Å². The predicted octanol–water partition coefficient (Wildman–Crippen LogP) is 1.61. The number of thiazole rings is 1. The minimum Gasteiger partial charge on any atom is -0.496 e. The van der Waals surface area contributed by atoms with Gasteiger partial charge in [0.2, 0.25) is 10.0 Å². The van der Waals surface area contributed by atoms with Crippen LogP contribution in [0.2, 0.25) is 0 Å². The largest absolute Gasteiger partial charge is 0.496 e. The Hall–Kier alpha value is -1.97. The third kappa shape index (κ3) is 3.53. The Labute approximate surface area is 150 Å². The molecular weight excluding hydrogens is 362 g/mol. The molecule has 0 N–H and O–H groups in total. The molecule has 3 rings (SSSR count). The second-order valence-electron chi connectivity index (χ2n) is 5.70. The number of carbonyl (C=O) groups is 1. The van der Waals surface area contributed by atoms with Gasteiger partial charge in [-0.25, -0.2) is 13.4 Å². The van der Waals surface area contributed by atoms with E-state index in [1.807, 2.05) is 6.92 Å². The fourth-order valence-electron chi connectivity index (χ4n) is 2.77. The van der Waals surface area contributed by atoms with Crippen LogP contribution in [0, 0.1) is 6.92 Å². The summed E-state index contributed by atoms with van der Waals surface area (Å²) in [6.07, 6.45) is 0. The van der Waals surface area contributed by atoms with E-state index in [0.717, 1.165) is 5.56 Å². The number of methoxy groups -OCH3 is 1. The molecule has 0 radical (unpaired) electrons. The second kappa shape index (κ2) is 7.11. The number of nitrogens with zero attached hydrogens (tertiary/aromatic N) is 3. The lowest BCUT2D eigenvalue weighted by atomic mass is 10.2. The molecule has 134 valence electrons. The van der Waals surface area contributed by atoms with Crippen LogP contribution in [0.15, 0.2) is 34.0 Å². The van der Waals surface area contributed by atoms with Gasteiger partial charge in [-0.15, -0.1) is 11.3 Å². The van der Waals surface area contributed by atoms with Crippen LogP contribution in [-0.4, -0.2) is 61.8 Å². The summed E-state index contributed by atoms with van der Waals surface area (Å²) in [4.78, 5) is 18.2. The summed E-state index contributed by atoms with van der Waals surface area (Å²) in [5.41, 5.74) is 2.79. The molecule has 7 nitrogen and oxygen atoms in total. The maximum atomic E-state index is 12.8. The zero-order chi connectivity index (χ0) is 18.0. The Morgan fingerprint density at radius 1 is 1.24 bits per heavy atom. The van der Waals surface area contributed by atoms with Crippen molar-refractivity contribution in [3.8, 4) is 5.75 Å². The summed E-state index contributed by atoms with van der Waals surface area (Å²) in [7, 11) is -2.04. The van der Waals surface area contributed by atoms with Crippen molar-refractivity contribution in [3.63, 3.8) is 0 Å². The van der Waals surface area contributed by atoms with Gasteiger partial charge in [-0.05, 0) is 30.7 Å². The molecule has 2 heterocycles. The number of carbonyl (C=O) groups excluding carboxylic acids is 1. The fraction of sp³-hybridized carbons (Fsp3) is 0.375. The van der Waals surface area contributed by atoms with Gasteiger partial charge in [0.15, 0.2) is 0 Å². The molecule has 1 aromatic heterocycles. The highest BCUT2D eigenvalue weighted by molar-refractivity contribution is 7.89. The lowest BCUT2D eigenvalue weighted by Gasteiger charge is -2.33. The molecule has 1 amide bonds. The van der Waals surface area contributed by atoms with E-state index >= 15 is 0 Å². The average molecular weight is 381 g/mol. The minimum absolute atomic E-state index is 0.154. The summed E-state index contributed by atoms with van der Waals surface area (Å²) in [5, 5.41) is 1.70. The van der Waals surface area contributed by atoms with Crippen LogP contribution in [0.3, 0.4) is 0 Å². The van der Waals surface area contributed by atoms with Crippen molar-refractivity contribution < 1.29 is 17.9 Å². The zero-order valence-corrected chi connectivity index (χ0v) is 15.6. The lowest BCUT2D eigenvalue weighted by Crippen LogP contribution is -2.50. The Morgan fingerprint density at radius 3 is 2.52 bits per heavy atom. The first kappa shape index (κ1) is 17.8.